The van der Waals surface area contributed by atoms with Crippen LogP contribution in [0.2, 0.25) is 0 Å². The molecule has 0 radical (unpaired) electrons. The standard InChI is InChI=1S/C17H25N3O2.2ClH/c1-13(19-7-9-22-10-8-19)17(21)20-11-15(16(18)12-20)14-5-3-2-4-6-14;;/h2-6,13,15-16H,7-12,18H2,1H3;2*1H/t13?,15-,16+;;/m0../s1. The number of ether oxygens (including phenoxy) is 1. The highest BCUT2D eigenvalue weighted by atomic mass is 35.5. The van der Waals surface area contributed by atoms with E-state index in [2.05, 4.69) is 17.0 Å². The summed E-state index contributed by atoms with van der Waals surface area (Å²) in [6, 6.07) is 10.2. The molecule has 2 N–H and O–H groups in total. The molecule has 0 aromatic heterocycles. The van der Waals surface area contributed by atoms with Crippen LogP contribution in [0.4, 0.5) is 0 Å². The third-order valence-corrected chi connectivity index (χ3v) is 4.86. The smallest absolute Gasteiger partial charge is 0.239 e. The van der Waals surface area contributed by atoms with E-state index in [-0.39, 0.29) is 48.7 Å². The maximum absolute atomic E-state index is 12.8. The quantitative estimate of drug-likeness (QED) is 0.869. The largest absolute Gasteiger partial charge is 0.379 e. The maximum atomic E-state index is 12.8. The number of nitrogens with zero attached hydrogens (tertiary/aromatic N) is 2. The topological polar surface area (TPSA) is 58.8 Å². The summed E-state index contributed by atoms with van der Waals surface area (Å²) < 4.78 is 5.36. The molecule has 0 bridgehead atoms. The Balaban J connectivity index is 0.00000144. The fourth-order valence-corrected chi connectivity index (χ4v) is 3.45. The van der Waals surface area contributed by atoms with Crippen LogP contribution in [0.5, 0.6) is 0 Å². The number of likely N-dealkylation sites (tertiary alicyclic amines) is 1. The van der Waals surface area contributed by atoms with Gasteiger partial charge in [-0.3, -0.25) is 9.69 Å². The van der Waals surface area contributed by atoms with Crippen LogP contribution >= 0.6 is 24.8 Å². The summed E-state index contributed by atoms with van der Waals surface area (Å²) in [7, 11) is 0. The summed E-state index contributed by atoms with van der Waals surface area (Å²) in [5.41, 5.74) is 7.52. The Morgan fingerprint density at radius 1 is 1.17 bits per heavy atom. The van der Waals surface area contributed by atoms with Crippen molar-refractivity contribution in [2.24, 2.45) is 5.73 Å². The van der Waals surface area contributed by atoms with E-state index in [1.807, 2.05) is 30.0 Å². The zero-order valence-electron chi connectivity index (χ0n) is 14.0. The third-order valence-electron chi connectivity index (χ3n) is 4.86. The molecule has 3 rings (SSSR count). The van der Waals surface area contributed by atoms with Crippen LogP contribution in [-0.4, -0.2) is 67.2 Å². The van der Waals surface area contributed by atoms with Gasteiger partial charge in [0.2, 0.25) is 5.91 Å². The van der Waals surface area contributed by atoms with E-state index in [4.69, 9.17) is 10.5 Å². The van der Waals surface area contributed by atoms with Crippen LogP contribution in [0.15, 0.2) is 30.3 Å². The summed E-state index contributed by atoms with van der Waals surface area (Å²) in [6.07, 6.45) is 0. The predicted octanol–water partition coefficient (Wildman–Crippen LogP) is 1.50. The van der Waals surface area contributed by atoms with E-state index in [9.17, 15) is 4.79 Å². The number of hydrogen-bond donors (Lipinski definition) is 1. The molecule has 5 nitrogen and oxygen atoms in total. The SMILES string of the molecule is CC(C(=O)N1C[C@@H](N)[C@H](c2ccccc2)C1)N1CCOCC1.Cl.Cl. The number of carbonyl (C=O) groups is 1. The van der Waals surface area contributed by atoms with Gasteiger partial charge in [-0.15, -0.1) is 24.8 Å². The second-order valence-corrected chi connectivity index (χ2v) is 6.25. The van der Waals surface area contributed by atoms with Crippen molar-refractivity contribution >= 4 is 30.7 Å². The summed E-state index contributed by atoms with van der Waals surface area (Å²) in [5, 5.41) is 0. The van der Waals surface area contributed by atoms with Crippen molar-refractivity contribution < 1.29 is 9.53 Å². The van der Waals surface area contributed by atoms with Crippen molar-refractivity contribution in [2.45, 2.75) is 24.9 Å². The minimum atomic E-state index is -0.0920. The van der Waals surface area contributed by atoms with Gasteiger partial charge in [-0.1, -0.05) is 30.3 Å². The van der Waals surface area contributed by atoms with Gasteiger partial charge < -0.3 is 15.4 Å². The van der Waals surface area contributed by atoms with Gasteiger partial charge in [-0.25, -0.2) is 0 Å². The minimum absolute atomic E-state index is 0. The van der Waals surface area contributed by atoms with E-state index in [1.54, 1.807) is 0 Å². The van der Waals surface area contributed by atoms with E-state index < -0.39 is 0 Å². The first-order valence-corrected chi connectivity index (χ1v) is 8.08. The Morgan fingerprint density at radius 3 is 2.42 bits per heavy atom. The summed E-state index contributed by atoms with van der Waals surface area (Å²) in [6.45, 7) is 6.44. The van der Waals surface area contributed by atoms with E-state index in [0.29, 0.717) is 19.8 Å². The molecular weight excluding hydrogens is 349 g/mol. The Bertz CT molecular complexity index is 512. The molecule has 24 heavy (non-hydrogen) atoms. The fourth-order valence-electron chi connectivity index (χ4n) is 3.45. The Kier molecular flexibility index (Phi) is 8.46. The van der Waals surface area contributed by atoms with Crippen LogP contribution in [0, 0.1) is 0 Å². The van der Waals surface area contributed by atoms with Crippen LogP contribution in [0.25, 0.3) is 0 Å². The predicted molar refractivity (Wildman–Crippen MR) is 100 cm³/mol. The molecule has 0 saturated carbocycles. The number of rotatable bonds is 3. The van der Waals surface area contributed by atoms with E-state index >= 15 is 0 Å². The average Bonchev–Trinajstić information content (AvgIpc) is 2.97. The fraction of sp³-hybridized carbons (Fsp3) is 0.588. The van der Waals surface area contributed by atoms with Gasteiger partial charge in [0.05, 0.1) is 19.3 Å². The number of nitrogens with two attached hydrogens (primary N) is 1. The highest BCUT2D eigenvalue weighted by Crippen LogP contribution is 2.27. The van der Waals surface area contributed by atoms with E-state index in [1.165, 1.54) is 5.56 Å². The molecule has 2 aliphatic heterocycles. The molecule has 2 saturated heterocycles. The van der Waals surface area contributed by atoms with Crippen molar-refractivity contribution in [3.05, 3.63) is 35.9 Å². The van der Waals surface area contributed by atoms with Gasteiger partial charge in [0.1, 0.15) is 0 Å². The molecule has 0 aliphatic carbocycles. The summed E-state index contributed by atoms with van der Waals surface area (Å²) in [4.78, 5) is 16.9. The molecule has 1 amide bonds. The molecular formula is C17H27Cl2N3O2. The van der Waals surface area contributed by atoms with Crippen LogP contribution < -0.4 is 5.73 Å². The number of carbonyl (C=O) groups excluding carboxylic acids is 1. The molecule has 2 heterocycles. The first-order chi connectivity index (χ1) is 10.7. The number of hydrogen-bond acceptors (Lipinski definition) is 4. The molecule has 1 aromatic carbocycles. The van der Waals surface area contributed by atoms with Crippen molar-refractivity contribution in [1.29, 1.82) is 0 Å². The first-order valence-electron chi connectivity index (χ1n) is 8.08. The summed E-state index contributed by atoms with van der Waals surface area (Å²) >= 11 is 0. The van der Waals surface area contributed by atoms with Crippen molar-refractivity contribution in [2.75, 3.05) is 39.4 Å². The molecule has 0 spiro atoms. The molecule has 2 fully saturated rings. The van der Waals surface area contributed by atoms with Gasteiger partial charge in [0.25, 0.3) is 0 Å². The zero-order valence-corrected chi connectivity index (χ0v) is 15.6. The zero-order chi connectivity index (χ0) is 15.5. The Hall–Kier alpha value is -0.850. The monoisotopic (exact) mass is 375 g/mol. The van der Waals surface area contributed by atoms with Crippen molar-refractivity contribution in [1.82, 2.24) is 9.80 Å². The molecule has 1 unspecified atom stereocenters. The van der Waals surface area contributed by atoms with Gasteiger partial charge >= 0.3 is 0 Å². The number of morpholine rings is 1. The Morgan fingerprint density at radius 2 is 1.79 bits per heavy atom. The number of halogens is 2. The first kappa shape index (κ1) is 21.2. The second kappa shape index (κ2) is 9.59. The third kappa shape index (κ3) is 4.61. The number of amides is 1. The van der Waals surface area contributed by atoms with Crippen LogP contribution in [-0.2, 0) is 9.53 Å². The summed E-state index contributed by atoms with van der Waals surface area (Å²) in [5.74, 6) is 0.429. The lowest BCUT2D eigenvalue weighted by Gasteiger charge is -2.33. The van der Waals surface area contributed by atoms with Gasteiger partial charge in [-0.05, 0) is 12.5 Å². The molecule has 2 aliphatic rings. The van der Waals surface area contributed by atoms with Crippen LogP contribution in [0.3, 0.4) is 0 Å². The van der Waals surface area contributed by atoms with Crippen molar-refractivity contribution in [3.8, 4) is 0 Å². The number of benzene rings is 1. The van der Waals surface area contributed by atoms with Gasteiger partial charge in [0, 0.05) is 38.1 Å². The lowest BCUT2D eigenvalue weighted by atomic mass is 9.95. The van der Waals surface area contributed by atoms with Gasteiger partial charge in [0.15, 0.2) is 0 Å². The molecule has 7 heteroatoms. The normalized spacial score (nSPS) is 25.5. The lowest BCUT2D eigenvalue weighted by molar-refractivity contribution is -0.137. The Labute approximate surface area is 156 Å². The second-order valence-electron chi connectivity index (χ2n) is 6.25. The highest BCUT2D eigenvalue weighted by Gasteiger charge is 2.36. The molecule has 136 valence electrons. The van der Waals surface area contributed by atoms with Gasteiger partial charge in [-0.2, -0.15) is 0 Å². The average molecular weight is 376 g/mol. The van der Waals surface area contributed by atoms with Crippen LogP contribution in [0.1, 0.15) is 18.4 Å². The maximum Gasteiger partial charge on any atom is 0.239 e. The van der Waals surface area contributed by atoms with Crippen molar-refractivity contribution in [3.63, 3.8) is 0 Å². The minimum Gasteiger partial charge on any atom is -0.379 e. The molecule has 3 atom stereocenters. The lowest BCUT2D eigenvalue weighted by Crippen LogP contribution is -2.50. The molecule has 1 aromatic rings. The highest BCUT2D eigenvalue weighted by molar-refractivity contribution is 5.85. The van der Waals surface area contributed by atoms with E-state index in [0.717, 1.165) is 19.6 Å².